The molecule has 1 N–H and O–H groups in total. The van der Waals surface area contributed by atoms with Gasteiger partial charge in [0.15, 0.2) is 0 Å². The van der Waals surface area contributed by atoms with Crippen LogP contribution in [0.5, 0.6) is 5.75 Å². The van der Waals surface area contributed by atoms with Crippen LogP contribution in [0.1, 0.15) is 30.2 Å². The summed E-state index contributed by atoms with van der Waals surface area (Å²) in [7, 11) is 0. The van der Waals surface area contributed by atoms with Crippen LogP contribution in [-0.2, 0) is 22.6 Å². The largest absolute Gasteiger partial charge is 0.492 e. The molecule has 0 bridgehead atoms. The standard InChI is InChI=1S/C28H33N3O4S/c1-2-34-26-15-7-6-14-25(26)29-28(33)31(19-23-12-8-16-35-23)21-27(32)30(20-24-13-9-17-36-24)18-22-10-4-3-5-11-22/h3-7,9-11,13-15,17,23H,2,8,12,16,18-21H2,1H3,(H,29,33). The monoisotopic (exact) mass is 507 g/mol. The lowest BCUT2D eigenvalue weighted by Gasteiger charge is -2.29. The zero-order valence-electron chi connectivity index (χ0n) is 20.6. The number of para-hydroxylation sites is 2. The third kappa shape index (κ3) is 7.32. The van der Waals surface area contributed by atoms with Gasteiger partial charge in [0.2, 0.25) is 5.91 Å². The highest BCUT2D eigenvalue weighted by atomic mass is 32.1. The van der Waals surface area contributed by atoms with Crippen LogP contribution in [0.25, 0.3) is 0 Å². The fourth-order valence-corrected chi connectivity index (χ4v) is 4.91. The molecule has 1 fully saturated rings. The van der Waals surface area contributed by atoms with E-state index in [4.69, 9.17) is 9.47 Å². The van der Waals surface area contributed by atoms with Gasteiger partial charge >= 0.3 is 6.03 Å². The van der Waals surface area contributed by atoms with E-state index < -0.39 is 0 Å². The molecule has 0 spiro atoms. The normalized spacial score (nSPS) is 14.9. The first-order chi connectivity index (χ1) is 17.6. The predicted octanol–water partition coefficient (Wildman–Crippen LogP) is 5.39. The first-order valence-electron chi connectivity index (χ1n) is 12.4. The minimum absolute atomic E-state index is 0.0410. The van der Waals surface area contributed by atoms with E-state index in [9.17, 15) is 9.59 Å². The molecule has 190 valence electrons. The average molecular weight is 508 g/mol. The Kier molecular flexibility index (Phi) is 9.35. The molecule has 1 aliphatic rings. The van der Waals surface area contributed by atoms with Crippen LogP contribution in [0.2, 0.25) is 0 Å². The van der Waals surface area contributed by atoms with E-state index in [2.05, 4.69) is 5.32 Å². The van der Waals surface area contributed by atoms with Gasteiger partial charge in [0, 0.05) is 24.6 Å². The summed E-state index contributed by atoms with van der Waals surface area (Å²) in [6.45, 7) is 4.35. The van der Waals surface area contributed by atoms with Crippen LogP contribution in [0.3, 0.4) is 0 Å². The van der Waals surface area contributed by atoms with Crippen molar-refractivity contribution in [3.63, 3.8) is 0 Å². The van der Waals surface area contributed by atoms with Gasteiger partial charge in [-0.1, -0.05) is 48.5 Å². The zero-order chi connectivity index (χ0) is 25.2. The molecule has 1 atom stereocenters. The number of anilines is 1. The maximum absolute atomic E-state index is 13.6. The number of nitrogens with one attached hydrogen (secondary N) is 1. The van der Waals surface area contributed by atoms with Gasteiger partial charge in [0.05, 0.1) is 24.9 Å². The number of amides is 3. The van der Waals surface area contributed by atoms with Crippen LogP contribution in [0.15, 0.2) is 72.1 Å². The molecule has 36 heavy (non-hydrogen) atoms. The molecule has 1 unspecified atom stereocenters. The summed E-state index contributed by atoms with van der Waals surface area (Å²) in [5, 5.41) is 4.95. The van der Waals surface area contributed by atoms with E-state index in [-0.39, 0.29) is 24.6 Å². The van der Waals surface area contributed by atoms with Crippen molar-refractivity contribution in [3.8, 4) is 5.75 Å². The van der Waals surface area contributed by atoms with Crippen LogP contribution in [0.4, 0.5) is 10.5 Å². The Labute approximate surface area is 216 Å². The van der Waals surface area contributed by atoms with Crippen LogP contribution in [0, 0.1) is 0 Å². The van der Waals surface area contributed by atoms with E-state index in [1.807, 2.05) is 77.9 Å². The van der Waals surface area contributed by atoms with Crippen LogP contribution in [-0.4, -0.2) is 54.1 Å². The molecular formula is C28H33N3O4S. The van der Waals surface area contributed by atoms with Crippen molar-refractivity contribution >= 4 is 29.0 Å². The summed E-state index contributed by atoms with van der Waals surface area (Å²) in [4.78, 5) is 31.5. The summed E-state index contributed by atoms with van der Waals surface area (Å²) < 4.78 is 11.5. The van der Waals surface area contributed by atoms with Gasteiger partial charge in [0.1, 0.15) is 12.3 Å². The number of ether oxygens (including phenoxy) is 2. The first-order valence-corrected chi connectivity index (χ1v) is 13.2. The Morgan fingerprint density at radius 3 is 2.56 bits per heavy atom. The molecule has 1 saturated heterocycles. The highest BCUT2D eigenvalue weighted by Crippen LogP contribution is 2.24. The van der Waals surface area contributed by atoms with E-state index in [1.165, 1.54) is 0 Å². The van der Waals surface area contributed by atoms with Crippen LogP contribution < -0.4 is 10.1 Å². The topological polar surface area (TPSA) is 71.1 Å². The molecule has 3 aromatic rings. The number of thiophene rings is 1. The van der Waals surface area contributed by atoms with Gasteiger partial charge < -0.3 is 24.6 Å². The Balaban J connectivity index is 1.51. The first kappa shape index (κ1) is 25.7. The fourth-order valence-electron chi connectivity index (χ4n) is 4.19. The molecule has 2 aromatic carbocycles. The van der Waals surface area contributed by atoms with Gasteiger partial charge in [-0.3, -0.25) is 4.79 Å². The second-order valence-corrected chi connectivity index (χ2v) is 9.72. The molecule has 1 aliphatic heterocycles. The number of benzene rings is 2. The Bertz CT molecular complexity index is 1100. The predicted molar refractivity (Wildman–Crippen MR) is 142 cm³/mol. The van der Waals surface area contributed by atoms with Crippen LogP contribution >= 0.6 is 11.3 Å². The smallest absolute Gasteiger partial charge is 0.322 e. The number of rotatable bonds is 11. The molecule has 2 heterocycles. The van der Waals surface area contributed by atoms with E-state index >= 15 is 0 Å². The maximum atomic E-state index is 13.6. The quantitative estimate of drug-likeness (QED) is 0.378. The minimum Gasteiger partial charge on any atom is -0.492 e. The van der Waals surface area contributed by atoms with Crippen molar-refractivity contribution < 1.29 is 19.1 Å². The third-order valence-electron chi connectivity index (χ3n) is 5.99. The Hall–Kier alpha value is -3.36. The summed E-state index contributed by atoms with van der Waals surface area (Å²) >= 11 is 1.62. The lowest BCUT2D eigenvalue weighted by molar-refractivity contribution is -0.133. The van der Waals surface area contributed by atoms with Crippen molar-refractivity contribution in [2.75, 3.05) is 31.6 Å². The lowest BCUT2D eigenvalue weighted by Crippen LogP contribution is -2.46. The zero-order valence-corrected chi connectivity index (χ0v) is 21.4. The number of hydrogen-bond donors (Lipinski definition) is 1. The van der Waals surface area contributed by atoms with Crippen molar-refractivity contribution in [1.82, 2.24) is 9.80 Å². The molecule has 0 radical (unpaired) electrons. The average Bonchev–Trinajstić information content (AvgIpc) is 3.60. The third-order valence-corrected chi connectivity index (χ3v) is 6.85. The maximum Gasteiger partial charge on any atom is 0.322 e. The highest BCUT2D eigenvalue weighted by Gasteiger charge is 2.27. The van der Waals surface area contributed by atoms with Crippen molar-refractivity contribution in [2.45, 2.75) is 39.0 Å². The number of urea groups is 1. The van der Waals surface area contributed by atoms with E-state index in [0.29, 0.717) is 44.3 Å². The summed E-state index contributed by atoms with van der Waals surface area (Å²) in [5.74, 6) is 0.485. The molecule has 7 nitrogen and oxygen atoms in total. The second-order valence-electron chi connectivity index (χ2n) is 8.69. The molecule has 0 aliphatic carbocycles. The number of nitrogens with zero attached hydrogens (tertiary/aromatic N) is 2. The van der Waals surface area contributed by atoms with E-state index in [0.717, 1.165) is 23.3 Å². The minimum atomic E-state index is -0.346. The summed E-state index contributed by atoms with van der Waals surface area (Å²) in [6, 6.07) is 20.9. The molecule has 4 rings (SSSR count). The van der Waals surface area contributed by atoms with Crippen molar-refractivity contribution in [2.24, 2.45) is 0 Å². The molecule has 8 heteroatoms. The number of carbonyl (C=O) groups excluding carboxylic acids is 2. The summed E-state index contributed by atoms with van der Waals surface area (Å²) in [5.41, 5.74) is 1.62. The summed E-state index contributed by atoms with van der Waals surface area (Å²) in [6.07, 6.45) is 1.75. The van der Waals surface area contributed by atoms with Crippen molar-refractivity contribution in [1.29, 1.82) is 0 Å². The van der Waals surface area contributed by atoms with E-state index in [1.54, 1.807) is 22.3 Å². The highest BCUT2D eigenvalue weighted by molar-refractivity contribution is 7.09. The lowest BCUT2D eigenvalue weighted by atomic mass is 10.2. The Morgan fingerprint density at radius 2 is 1.83 bits per heavy atom. The van der Waals surface area contributed by atoms with Gasteiger partial charge in [0.25, 0.3) is 0 Å². The molecular weight excluding hydrogens is 474 g/mol. The second kappa shape index (κ2) is 13.1. The van der Waals surface area contributed by atoms with Gasteiger partial charge in [-0.25, -0.2) is 4.79 Å². The van der Waals surface area contributed by atoms with Gasteiger partial charge in [-0.15, -0.1) is 11.3 Å². The molecule has 3 amide bonds. The number of carbonyl (C=O) groups is 2. The van der Waals surface area contributed by atoms with Gasteiger partial charge in [-0.2, -0.15) is 0 Å². The number of hydrogen-bond acceptors (Lipinski definition) is 5. The molecule has 0 saturated carbocycles. The Morgan fingerprint density at radius 1 is 1.03 bits per heavy atom. The fraction of sp³-hybridized carbons (Fsp3) is 0.357. The van der Waals surface area contributed by atoms with Crippen molar-refractivity contribution in [3.05, 3.63) is 82.6 Å². The SMILES string of the molecule is CCOc1ccccc1NC(=O)N(CC(=O)N(Cc1ccccc1)Cc1cccs1)CC1CCCO1. The van der Waals surface area contributed by atoms with Gasteiger partial charge in [-0.05, 0) is 48.9 Å². The molecule has 1 aromatic heterocycles.